The topological polar surface area (TPSA) is 24.5 Å². The zero-order chi connectivity index (χ0) is 12.3. The molecule has 0 saturated carbocycles. The van der Waals surface area contributed by atoms with E-state index in [0.717, 1.165) is 31.8 Å². The van der Waals surface area contributed by atoms with Crippen molar-refractivity contribution in [3.05, 3.63) is 23.2 Å². The molecule has 0 aromatic heterocycles. The predicted octanol–water partition coefficient (Wildman–Crippen LogP) is 2.54. The van der Waals surface area contributed by atoms with E-state index in [-0.39, 0.29) is 0 Å². The predicted molar refractivity (Wildman–Crippen MR) is 72.3 cm³/mol. The lowest BCUT2D eigenvalue weighted by Crippen LogP contribution is -2.35. The number of nitrogens with zero attached hydrogens (tertiary/aromatic N) is 1. The number of hydrogen-bond donors (Lipinski definition) is 1. The van der Waals surface area contributed by atoms with E-state index in [9.17, 15) is 0 Å². The fourth-order valence-corrected chi connectivity index (χ4v) is 2.38. The summed E-state index contributed by atoms with van der Waals surface area (Å²) >= 11 is 6.04. The molecule has 1 unspecified atom stereocenters. The van der Waals surface area contributed by atoms with Gasteiger partial charge in [0.1, 0.15) is 5.75 Å². The summed E-state index contributed by atoms with van der Waals surface area (Å²) < 4.78 is 5.26. The second-order valence-electron chi connectivity index (χ2n) is 4.47. The summed E-state index contributed by atoms with van der Waals surface area (Å²) in [6.45, 7) is 5.39. The minimum atomic E-state index is 0.513. The minimum absolute atomic E-state index is 0.513. The zero-order valence-corrected chi connectivity index (χ0v) is 11.1. The van der Waals surface area contributed by atoms with Crippen LogP contribution < -0.4 is 15.0 Å². The number of rotatable bonds is 2. The molecule has 1 N–H and O–H groups in total. The Labute approximate surface area is 108 Å². The Morgan fingerprint density at radius 3 is 3.06 bits per heavy atom. The van der Waals surface area contributed by atoms with Gasteiger partial charge in [-0.1, -0.05) is 11.6 Å². The molecule has 0 aliphatic carbocycles. The van der Waals surface area contributed by atoms with E-state index in [4.69, 9.17) is 16.3 Å². The normalized spacial score (nSPS) is 21.1. The van der Waals surface area contributed by atoms with Crippen LogP contribution in [0.1, 0.15) is 13.3 Å². The van der Waals surface area contributed by atoms with Gasteiger partial charge in [0.05, 0.1) is 12.1 Å². The molecular formula is C13H19ClN2O. The van der Waals surface area contributed by atoms with Gasteiger partial charge in [0.15, 0.2) is 0 Å². The first-order valence-electron chi connectivity index (χ1n) is 6.02. The second-order valence-corrected chi connectivity index (χ2v) is 4.88. The first-order valence-corrected chi connectivity index (χ1v) is 6.40. The van der Waals surface area contributed by atoms with Crippen molar-refractivity contribution < 1.29 is 4.74 Å². The SMILES string of the molecule is COc1cc(N2CCCNC(C)C2)ccc1Cl. The van der Waals surface area contributed by atoms with Crippen molar-refractivity contribution in [1.29, 1.82) is 0 Å². The van der Waals surface area contributed by atoms with Gasteiger partial charge in [-0.15, -0.1) is 0 Å². The molecule has 0 radical (unpaired) electrons. The van der Waals surface area contributed by atoms with Crippen molar-refractivity contribution in [1.82, 2.24) is 5.32 Å². The van der Waals surface area contributed by atoms with Crippen LogP contribution in [0.2, 0.25) is 5.02 Å². The zero-order valence-electron chi connectivity index (χ0n) is 10.4. The van der Waals surface area contributed by atoms with Crippen LogP contribution in [-0.4, -0.2) is 32.8 Å². The Balaban J connectivity index is 2.20. The largest absolute Gasteiger partial charge is 0.495 e. The van der Waals surface area contributed by atoms with Crippen molar-refractivity contribution in [2.75, 3.05) is 31.6 Å². The maximum absolute atomic E-state index is 6.04. The van der Waals surface area contributed by atoms with Gasteiger partial charge in [0, 0.05) is 30.9 Å². The molecule has 94 valence electrons. The monoisotopic (exact) mass is 254 g/mol. The summed E-state index contributed by atoms with van der Waals surface area (Å²) in [6.07, 6.45) is 1.16. The van der Waals surface area contributed by atoms with Gasteiger partial charge in [-0.3, -0.25) is 0 Å². The summed E-state index contributed by atoms with van der Waals surface area (Å²) in [7, 11) is 1.65. The molecule has 2 rings (SSSR count). The molecule has 3 nitrogen and oxygen atoms in total. The Hall–Kier alpha value is -0.930. The molecule has 17 heavy (non-hydrogen) atoms. The number of halogens is 1. The lowest BCUT2D eigenvalue weighted by Gasteiger charge is -2.25. The maximum Gasteiger partial charge on any atom is 0.139 e. The highest BCUT2D eigenvalue weighted by Crippen LogP contribution is 2.29. The average Bonchev–Trinajstić information content (AvgIpc) is 2.54. The van der Waals surface area contributed by atoms with E-state index in [1.807, 2.05) is 12.1 Å². The quantitative estimate of drug-likeness (QED) is 0.878. The summed E-state index contributed by atoms with van der Waals surface area (Å²) in [5.74, 6) is 0.744. The van der Waals surface area contributed by atoms with E-state index in [2.05, 4.69) is 23.2 Å². The third-order valence-electron chi connectivity index (χ3n) is 3.09. The van der Waals surface area contributed by atoms with Crippen LogP contribution in [-0.2, 0) is 0 Å². The molecule has 1 aromatic carbocycles. The van der Waals surface area contributed by atoms with Crippen molar-refractivity contribution >= 4 is 17.3 Å². The maximum atomic E-state index is 6.04. The van der Waals surface area contributed by atoms with E-state index < -0.39 is 0 Å². The first kappa shape index (κ1) is 12.5. The number of anilines is 1. The summed E-state index contributed by atoms with van der Waals surface area (Å²) in [5.41, 5.74) is 1.18. The Bertz CT molecular complexity index is 384. The third kappa shape index (κ3) is 3.05. The second kappa shape index (κ2) is 5.61. The highest BCUT2D eigenvalue weighted by atomic mass is 35.5. The van der Waals surface area contributed by atoms with Crippen LogP contribution in [0.4, 0.5) is 5.69 Å². The molecule has 0 amide bonds. The number of hydrogen-bond acceptors (Lipinski definition) is 3. The van der Waals surface area contributed by atoms with E-state index in [1.165, 1.54) is 5.69 Å². The minimum Gasteiger partial charge on any atom is -0.495 e. The van der Waals surface area contributed by atoms with Gasteiger partial charge in [-0.05, 0) is 32.0 Å². The first-order chi connectivity index (χ1) is 8.20. The van der Waals surface area contributed by atoms with E-state index in [1.54, 1.807) is 7.11 Å². The molecule has 1 heterocycles. The van der Waals surface area contributed by atoms with Crippen LogP contribution in [0.15, 0.2) is 18.2 Å². The van der Waals surface area contributed by atoms with Crippen molar-refractivity contribution in [3.63, 3.8) is 0 Å². The molecule has 1 saturated heterocycles. The standard InChI is InChI=1S/C13H19ClN2O/c1-10-9-16(7-3-6-15-10)11-4-5-12(14)13(8-11)17-2/h4-5,8,10,15H,3,6-7,9H2,1-2H3. The van der Waals surface area contributed by atoms with E-state index >= 15 is 0 Å². The molecule has 4 heteroatoms. The number of ether oxygens (including phenoxy) is 1. The molecule has 1 atom stereocenters. The Morgan fingerprint density at radius 2 is 2.29 bits per heavy atom. The average molecular weight is 255 g/mol. The van der Waals surface area contributed by atoms with Crippen molar-refractivity contribution in [3.8, 4) is 5.75 Å². The molecular weight excluding hydrogens is 236 g/mol. The third-order valence-corrected chi connectivity index (χ3v) is 3.40. The van der Waals surface area contributed by atoms with Gasteiger partial charge >= 0.3 is 0 Å². The van der Waals surface area contributed by atoms with Gasteiger partial charge in [0.2, 0.25) is 0 Å². The van der Waals surface area contributed by atoms with Crippen LogP contribution in [0.5, 0.6) is 5.75 Å². The van der Waals surface area contributed by atoms with Gasteiger partial charge < -0.3 is 15.0 Å². The number of benzene rings is 1. The molecule has 1 aromatic rings. The Kier molecular flexibility index (Phi) is 4.13. The van der Waals surface area contributed by atoms with Crippen molar-refractivity contribution in [2.24, 2.45) is 0 Å². The summed E-state index contributed by atoms with van der Waals surface area (Å²) in [6, 6.07) is 6.49. The number of nitrogens with one attached hydrogen (secondary N) is 1. The smallest absolute Gasteiger partial charge is 0.139 e. The lowest BCUT2D eigenvalue weighted by molar-refractivity contribution is 0.415. The molecule has 1 aliphatic heterocycles. The van der Waals surface area contributed by atoms with Gasteiger partial charge in [-0.2, -0.15) is 0 Å². The molecule has 1 aliphatic rings. The van der Waals surface area contributed by atoms with Crippen LogP contribution in [0, 0.1) is 0 Å². The van der Waals surface area contributed by atoms with E-state index in [0.29, 0.717) is 11.1 Å². The van der Waals surface area contributed by atoms with Crippen LogP contribution in [0.25, 0.3) is 0 Å². The van der Waals surface area contributed by atoms with Crippen molar-refractivity contribution in [2.45, 2.75) is 19.4 Å². The van der Waals surface area contributed by atoms with Crippen LogP contribution >= 0.6 is 11.6 Å². The fraction of sp³-hybridized carbons (Fsp3) is 0.538. The summed E-state index contributed by atoms with van der Waals surface area (Å²) in [4.78, 5) is 2.38. The highest BCUT2D eigenvalue weighted by Gasteiger charge is 2.15. The van der Waals surface area contributed by atoms with Gasteiger partial charge in [0.25, 0.3) is 0 Å². The molecule has 0 spiro atoms. The summed E-state index contributed by atoms with van der Waals surface area (Å²) in [5, 5.41) is 4.15. The Morgan fingerprint density at radius 1 is 1.47 bits per heavy atom. The highest BCUT2D eigenvalue weighted by molar-refractivity contribution is 6.32. The molecule has 0 bridgehead atoms. The number of methoxy groups -OCH3 is 1. The lowest BCUT2D eigenvalue weighted by atomic mass is 10.2. The fourth-order valence-electron chi connectivity index (χ4n) is 2.18. The molecule has 1 fully saturated rings. The van der Waals surface area contributed by atoms with Gasteiger partial charge in [-0.25, -0.2) is 0 Å². The van der Waals surface area contributed by atoms with Crippen LogP contribution in [0.3, 0.4) is 0 Å².